The molecule has 106 valence electrons. The molecule has 1 heterocycles. The highest BCUT2D eigenvalue weighted by Crippen LogP contribution is 2.16. The second-order valence-electron chi connectivity index (χ2n) is 4.06. The number of ether oxygens (including phenoxy) is 1. The molecule has 1 atom stereocenters. The van der Waals surface area contributed by atoms with Crippen LogP contribution in [0, 0.1) is 10.1 Å². The Morgan fingerprint density at radius 3 is 2.75 bits per heavy atom. The number of aliphatic hydroxyl groups excluding tert-OH is 1. The Labute approximate surface area is 119 Å². The standard InChI is InChI=1S/C12H12ClN3O4/c13-12-14-11(16(18)19)7-15(12)6-9(17)8-20-10-4-2-1-3-5-10/h1-5,7,9,17H,6,8H2. The van der Waals surface area contributed by atoms with Gasteiger partial charge in [0.15, 0.2) is 0 Å². The molecule has 1 N–H and O–H groups in total. The first-order valence-electron chi connectivity index (χ1n) is 5.79. The lowest BCUT2D eigenvalue weighted by atomic mass is 10.3. The minimum atomic E-state index is -0.860. The summed E-state index contributed by atoms with van der Waals surface area (Å²) in [5, 5.41) is 20.3. The lowest BCUT2D eigenvalue weighted by molar-refractivity contribution is -0.389. The molecule has 0 saturated carbocycles. The first-order valence-corrected chi connectivity index (χ1v) is 6.17. The Hall–Kier alpha value is -2.12. The average Bonchev–Trinajstić information content (AvgIpc) is 2.79. The lowest BCUT2D eigenvalue weighted by Crippen LogP contribution is -2.23. The molecule has 1 unspecified atom stereocenters. The van der Waals surface area contributed by atoms with Crippen molar-refractivity contribution in [1.29, 1.82) is 0 Å². The molecule has 2 aromatic rings. The number of benzene rings is 1. The Balaban J connectivity index is 1.91. The maximum atomic E-state index is 10.5. The molecule has 20 heavy (non-hydrogen) atoms. The van der Waals surface area contributed by atoms with Gasteiger partial charge in [-0.3, -0.25) is 4.57 Å². The Kier molecular flexibility index (Phi) is 4.54. The summed E-state index contributed by atoms with van der Waals surface area (Å²) in [5.41, 5.74) is 0. The minimum Gasteiger partial charge on any atom is -0.491 e. The van der Waals surface area contributed by atoms with E-state index in [0.29, 0.717) is 5.75 Å². The van der Waals surface area contributed by atoms with Crippen molar-refractivity contribution in [3.8, 4) is 5.75 Å². The van der Waals surface area contributed by atoms with Crippen molar-refractivity contribution in [1.82, 2.24) is 9.55 Å². The zero-order valence-corrected chi connectivity index (χ0v) is 11.1. The molecular formula is C12H12ClN3O4. The fraction of sp³-hybridized carbons (Fsp3) is 0.250. The lowest BCUT2D eigenvalue weighted by Gasteiger charge is -2.12. The van der Waals surface area contributed by atoms with E-state index in [9.17, 15) is 15.2 Å². The van der Waals surface area contributed by atoms with Gasteiger partial charge < -0.3 is 20.0 Å². The summed E-state index contributed by atoms with van der Waals surface area (Å²) in [6.45, 7) is 0.110. The summed E-state index contributed by atoms with van der Waals surface area (Å²) >= 11 is 5.75. The van der Waals surface area contributed by atoms with E-state index >= 15 is 0 Å². The number of halogens is 1. The van der Waals surface area contributed by atoms with E-state index in [0.717, 1.165) is 0 Å². The number of aromatic nitrogens is 2. The molecule has 0 aliphatic heterocycles. The van der Waals surface area contributed by atoms with Crippen LogP contribution in [0.4, 0.5) is 5.82 Å². The van der Waals surface area contributed by atoms with Crippen molar-refractivity contribution in [2.75, 3.05) is 6.61 Å². The molecule has 0 aliphatic carbocycles. The summed E-state index contributed by atoms with van der Waals surface area (Å²) in [7, 11) is 0. The molecule has 1 aromatic carbocycles. The van der Waals surface area contributed by atoms with Crippen LogP contribution in [0.2, 0.25) is 5.28 Å². The first kappa shape index (κ1) is 14.3. The van der Waals surface area contributed by atoms with Gasteiger partial charge in [-0.1, -0.05) is 18.2 Å². The van der Waals surface area contributed by atoms with E-state index in [-0.39, 0.29) is 24.3 Å². The molecular weight excluding hydrogens is 286 g/mol. The van der Waals surface area contributed by atoms with Crippen molar-refractivity contribution < 1.29 is 14.8 Å². The molecule has 0 aliphatic rings. The number of para-hydroxylation sites is 1. The molecule has 7 nitrogen and oxygen atoms in total. The molecule has 1 aromatic heterocycles. The summed E-state index contributed by atoms with van der Waals surface area (Å²) < 4.78 is 6.68. The fourth-order valence-corrected chi connectivity index (χ4v) is 1.79. The maximum absolute atomic E-state index is 10.5. The van der Waals surface area contributed by atoms with Crippen LogP contribution in [0.1, 0.15) is 0 Å². The van der Waals surface area contributed by atoms with Gasteiger partial charge in [-0.15, -0.1) is 0 Å². The molecule has 2 rings (SSSR count). The summed E-state index contributed by atoms with van der Waals surface area (Å²) in [6, 6.07) is 9.02. The largest absolute Gasteiger partial charge is 0.491 e. The number of aliphatic hydroxyl groups is 1. The van der Waals surface area contributed by atoms with Crippen molar-refractivity contribution in [3.05, 3.63) is 51.9 Å². The second-order valence-corrected chi connectivity index (χ2v) is 4.39. The summed E-state index contributed by atoms with van der Waals surface area (Å²) in [4.78, 5) is 13.5. The molecule has 0 radical (unpaired) electrons. The van der Waals surface area contributed by atoms with Gasteiger partial charge in [0.05, 0.1) is 6.54 Å². The molecule has 0 amide bonds. The Morgan fingerprint density at radius 1 is 1.45 bits per heavy atom. The maximum Gasteiger partial charge on any atom is 0.383 e. The highest BCUT2D eigenvalue weighted by molar-refractivity contribution is 6.28. The normalized spacial score (nSPS) is 12.1. The van der Waals surface area contributed by atoms with Crippen molar-refractivity contribution in [2.45, 2.75) is 12.6 Å². The highest BCUT2D eigenvalue weighted by Gasteiger charge is 2.19. The van der Waals surface area contributed by atoms with Gasteiger partial charge in [0, 0.05) is 0 Å². The van der Waals surface area contributed by atoms with E-state index in [4.69, 9.17) is 16.3 Å². The van der Waals surface area contributed by atoms with Gasteiger partial charge in [-0.2, -0.15) is 0 Å². The van der Waals surface area contributed by atoms with Crippen LogP contribution >= 0.6 is 11.6 Å². The molecule has 0 saturated heterocycles. The fourth-order valence-electron chi connectivity index (χ4n) is 1.59. The summed E-state index contributed by atoms with van der Waals surface area (Å²) in [5.74, 6) is 0.278. The third-order valence-electron chi connectivity index (χ3n) is 2.50. The SMILES string of the molecule is O=[N+]([O-])c1cn(CC(O)COc2ccccc2)c(Cl)n1. The summed E-state index contributed by atoms with van der Waals surface area (Å²) in [6.07, 6.45) is 0.315. The zero-order valence-electron chi connectivity index (χ0n) is 10.3. The van der Waals surface area contributed by atoms with E-state index in [2.05, 4.69) is 4.98 Å². The topological polar surface area (TPSA) is 90.4 Å². The number of imidazole rings is 1. The van der Waals surface area contributed by atoms with E-state index in [1.165, 1.54) is 10.8 Å². The van der Waals surface area contributed by atoms with Crippen LogP contribution in [0.3, 0.4) is 0 Å². The molecule has 8 heteroatoms. The van der Waals surface area contributed by atoms with Crippen molar-refractivity contribution in [3.63, 3.8) is 0 Å². The van der Waals surface area contributed by atoms with E-state index < -0.39 is 11.0 Å². The van der Waals surface area contributed by atoms with Crippen LogP contribution in [0.25, 0.3) is 0 Å². The van der Waals surface area contributed by atoms with Crippen molar-refractivity contribution in [2.24, 2.45) is 0 Å². The second kappa shape index (κ2) is 6.36. The minimum absolute atomic E-state index is 0.0459. The highest BCUT2D eigenvalue weighted by atomic mass is 35.5. The van der Waals surface area contributed by atoms with Crippen molar-refractivity contribution >= 4 is 17.4 Å². The van der Waals surface area contributed by atoms with Crippen LogP contribution in [0.15, 0.2) is 36.5 Å². The number of nitrogens with zero attached hydrogens (tertiary/aromatic N) is 3. The Bertz CT molecular complexity index is 588. The third-order valence-corrected chi connectivity index (χ3v) is 2.80. The van der Waals surface area contributed by atoms with Crippen LogP contribution in [-0.2, 0) is 6.54 Å². The number of hydrogen-bond acceptors (Lipinski definition) is 5. The number of nitro groups is 1. The Morgan fingerprint density at radius 2 is 2.15 bits per heavy atom. The van der Waals surface area contributed by atoms with Gasteiger partial charge in [0.25, 0.3) is 0 Å². The van der Waals surface area contributed by atoms with E-state index in [1.807, 2.05) is 18.2 Å². The zero-order chi connectivity index (χ0) is 14.5. The molecule has 0 fully saturated rings. The van der Waals surface area contributed by atoms with Crippen LogP contribution < -0.4 is 4.74 Å². The third kappa shape index (κ3) is 3.69. The van der Waals surface area contributed by atoms with Crippen LogP contribution in [-0.4, -0.2) is 32.3 Å². The number of rotatable bonds is 6. The first-order chi connectivity index (χ1) is 9.56. The van der Waals surface area contributed by atoms with Gasteiger partial charge in [0.2, 0.25) is 0 Å². The van der Waals surface area contributed by atoms with Gasteiger partial charge in [-0.05, 0) is 33.6 Å². The molecule has 0 bridgehead atoms. The predicted octanol–water partition coefficient (Wildman–Crippen LogP) is 1.88. The average molecular weight is 298 g/mol. The van der Waals surface area contributed by atoms with Gasteiger partial charge >= 0.3 is 11.1 Å². The van der Waals surface area contributed by atoms with Crippen LogP contribution in [0.5, 0.6) is 5.75 Å². The van der Waals surface area contributed by atoms with E-state index in [1.54, 1.807) is 12.1 Å². The van der Waals surface area contributed by atoms with Gasteiger partial charge in [0.1, 0.15) is 24.7 Å². The molecule has 0 spiro atoms. The number of hydrogen-bond donors (Lipinski definition) is 1. The van der Waals surface area contributed by atoms with Gasteiger partial charge in [-0.25, -0.2) is 0 Å². The monoisotopic (exact) mass is 297 g/mol. The quantitative estimate of drug-likeness (QED) is 0.649. The smallest absolute Gasteiger partial charge is 0.383 e. The predicted molar refractivity (Wildman–Crippen MR) is 71.8 cm³/mol.